The van der Waals surface area contributed by atoms with Gasteiger partial charge in [-0.3, -0.25) is 4.79 Å². The molecule has 15 atom stereocenters. The lowest BCUT2D eigenvalue weighted by Gasteiger charge is -2.63. The summed E-state index contributed by atoms with van der Waals surface area (Å²) in [6.07, 6.45) is 25.1. The fourth-order valence-electron chi connectivity index (χ4n) is 34.5. The van der Waals surface area contributed by atoms with E-state index in [1.165, 1.54) is 40.5 Å². The van der Waals surface area contributed by atoms with Crippen LogP contribution in [-0.2, 0) is 71.5 Å². The molecule has 0 saturated heterocycles. The molecule has 28 bridgehead atoms. The molecule has 141 heavy (non-hydrogen) atoms. The topological polar surface area (TPSA) is 396 Å². The number of hydrogen-bond donors (Lipinski definition) is 10. The van der Waals surface area contributed by atoms with E-state index in [9.17, 15) is 142 Å². The molecule has 25 nitrogen and oxygen atoms in total. The Morgan fingerprint density at radius 1 is 0.255 bits per heavy atom. The molecule has 28 aliphatic rings. The van der Waals surface area contributed by atoms with Gasteiger partial charge in [-0.1, -0.05) is 0 Å². The van der Waals surface area contributed by atoms with Crippen molar-refractivity contribution in [3.8, 4) is 0 Å². The van der Waals surface area contributed by atoms with Gasteiger partial charge in [-0.2, -0.15) is 48.3 Å². The number of hydrogen-bond acceptors (Lipinski definition) is 25. The fourth-order valence-corrected chi connectivity index (χ4v) is 34.5. The van der Waals surface area contributed by atoms with Crippen molar-refractivity contribution < 1.29 is 180 Å². The van der Waals surface area contributed by atoms with Crippen LogP contribution >= 0.6 is 0 Å². The van der Waals surface area contributed by atoms with E-state index in [0.717, 1.165) is 155 Å². The van der Waals surface area contributed by atoms with Crippen LogP contribution in [-0.4, -0.2) is 250 Å². The smallest absolute Gasteiger partial charge is 0.404 e. The highest BCUT2D eigenvalue weighted by molar-refractivity contribution is 5.80. The van der Waals surface area contributed by atoms with Gasteiger partial charge in [0.05, 0.1) is 109 Å². The van der Waals surface area contributed by atoms with Crippen LogP contribution in [0, 0.1) is 115 Å². The number of ether oxygens (including phenoxy) is 8. The molecule has 28 fully saturated rings. The number of esters is 7. The van der Waals surface area contributed by atoms with Crippen molar-refractivity contribution in [2.45, 2.75) is 430 Å². The molecule has 0 aromatic rings. The molecule has 28 rings (SSSR count). The minimum absolute atomic E-state index is 0.0556. The molecule has 10 N–H and O–H groups in total. The number of alkyl halides is 13. The summed E-state index contributed by atoms with van der Waals surface area (Å²) in [7, 11) is 0. The highest BCUT2D eigenvalue weighted by Crippen LogP contribution is 2.70. The Balaban J connectivity index is 0.000000124. The molecule has 0 radical (unpaired) electrons. The van der Waals surface area contributed by atoms with E-state index in [2.05, 4.69) is 4.74 Å². The van der Waals surface area contributed by atoms with Crippen molar-refractivity contribution >= 4 is 41.8 Å². The molecule has 804 valence electrons. The molecule has 0 heterocycles. The maximum absolute atomic E-state index is 13.5. The molecule has 38 heteroatoms. The molecule has 0 spiro atoms. The van der Waals surface area contributed by atoms with Crippen molar-refractivity contribution in [3.05, 3.63) is 0 Å². The maximum Gasteiger partial charge on any atom is 0.404 e. The van der Waals surface area contributed by atoms with Crippen molar-refractivity contribution in [2.24, 2.45) is 115 Å². The SMILES string of the molecule is CC(C)(C(=O)OCC12CC3CC(O)(CC(O)(C3)C1)C2)C(F)(F)F.CC(C)(F)C(=O)OCC12CC3CC(CC(O)(C3)C1)C2.CC(C)(F)C(=O)OCC12CC3CC(O)(CC(O)(C3)C1)C2.CC(F)(F)C(=O)OCC12CC3CC(C1)C(O)C(C3)C2.CC(F)(F)C(=O)OCC12CC3CC(CC(C3)C1O)C2.CC(F)(F)C(=O)OCC12CC3CC(O)(CC(O)(C3)C1)C2.CC(F)(F)C(=O)OCCOC12CC3CC(CC(O)(C3)C1)C2. The third-order valence-corrected chi connectivity index (χ3v) is 36.6. The van der Waals surface area contributed by atoms with Gasteiger partial charge in [-0.25, -0.2) is 37.5 Å². The Kier molecular flexibility index (Phi) is 29.1. The normalized spacial score (nSPS) is 44.3. The van der Waals surface area contributed by atoms with Crippen molar-refractivity contribution in [1.29, 1.82) is 0 Å². The van der Waals surface area contributed by atoms with Crippen LogP contribution in [0.1, 0.15) is 326 Å². The minimum Gasteiger partial charge on any atom is -0.464 e. The van der Waals surface area contributed by atoms with Crippen LogP contribution in [0.25, 0.3) is 0 Å². The zero-order valence-corrected chi connectivity index (χ0v) is 83.1. The summed E-state index contributed by atoms with van der Waals surface area (Å²) in [5.41, 5.74) is -15.8. The number of aliphatic hydroxyl groups excluding tert-OH is 2. The predicted molar refractivity (Wildman–Crippen MR) is 474 cm³/mol. The van der Waals surface area contributed by atoms with Gasteiger partial charge < -0.3 is 89.0 Å². The monoisotopic (exact) mass is 2040 g/mol. The van der Waals surface area contributed by atoms with Crippen LogP contribution in [0.3, 0.4) is 0 Å². The second-order valence-corrected chi connectivity index (χ2v) is 52.9. The average molecular weight is 2040 g/mol. The van der Waals surface area contributed by atoms with Gasteiger partial charge in [-0.15, -0.1) is 0 Å². The molecule has 0 amide bonds. The quantitative estimate of drug-likeness (QED) is 0.0197. The van der Waals surface area contributed by atoms with Gasteiger partial charge in [0.25, 0.3) is 0 Å². The van der Waals surface area contributed by atoms with Gasteiger partial charge in [0.1, 0.15) is 6.61 Å². The van der Waals surface area contributed by atoms with Crippen LogP contribution in [0.4, 0.5) is 57.1 Å². The summed E-state index contributed by atoms with van der Waals surface area (Å²) in [5.74, 6) is -17.5. The minimum atomic E-state index is -4.68. The first-order valence-electron chi connectivity index (χ1n) is 51.3. The lowest BCUT2D eigenvalue weighted by molar-refractivity contribution is -0.249. The Hall–Kier alpha value is -5.06. The highest BCUT2D eigenvalue weighted by atomic mass is 19.4. The van der Waals surface area contributed by atoms with Gasteiger partial charge in [0.2, 0.25) is 11.3 Å². The molecule has 15 unspecified atom stereocenters. The predicted octanol–water partition coefficient (Wildman–Crippen LogP) is 15.6. The summed E-state index contributed by atoms with van der Waals surface area (Å²) in [6, 6.07) is 0. The van der Waals surface area contributed by atoms with E-state index >= 15 is 0 Å². The fraction of sp³-hybridized carbons (Fsp3) is 0.932. The van der Waals surface area contributed by atoms with Gasteiger partial charge >= 0.3 is 71.7 Å². The lowest BCUT2D eigenvalue weighted by Crippen LogP contribution is -2.64. The van der Waals surface area contributed by atoms with Gasteiger partial charge in [0.15, 0.2) is 5.41 Å². The number of aliphatic hydroxyl groups is 10. The first-order chi connectivity index (χ1) is 64.3. The van der Waals surface area contributed by atoms with Crippen molar-refractivity contribution in [1.82, 2.24) is 0 Å². The summed E-state index contributed by atoms with van der Waals surface area (Å²) in [6.45, 7) is 8.58. The van der Waals surface area contributed by atoms with Crippen molar-refractivity contribution in [3.63, 3.8) is 0 Å². The Morgan fingerprint density at radius 3 is 0.858 bits per heavy atom. The summed E-state index contributed by atoms with van der Waals surface area (Å²) < 4.78 is 208. The van der Waals surface area contributed by atoms with E-state index in [4.69, 9.17) is 33.2 Å². The Labute approximate surface area is 815 Å². The number of carbonyl (C=O) groups is 7. The molecule has 28 aliphatic carbocycles. The van der Waals surface area contributed by atoms with Crippen LogP contribution in [0.2, 0.25) is 0 Å². The second-order valence-electron chi connectivity index (χ2n) is 52.9. The van der Waals surface area contributed by atoms with Gasteiger partial charge in [0, 0.05) is 85.9 Å². The largest absolute Gasteiger partial charge is 0.464 e. The van der Waals surface area contributed by atoms with Crippen LogP contribution in [0.15, 0.2) is 0 Å². The number of halogens is 13. The van der Waals surface area contributed by atoms with Crippen LogP contribution in [0.5, 0.6) is 0 Å². The molecular weight excluding hydrogens is 1880 g/mol. The molecular formula is C103H151F13O25. The van der Waals surface area contributed by atoms with Crippen LogP contribution < -0.4 is 0 Å². The zero-order valence-electron chi connectivity index (χ0n) is 83.1. The van der Waals surface area contributed by atoms with E-state index in [0.29, 0.717) is 172 Å². The standard InChI is InChI=1S/C16H23F3O4.C15H22F2O4.C15H23FO4.C15H23FO3.C14H20F2O4.2C14H20F2O3/c1-12(2,16(17,18)19)11(20)23-9-13-3-10-4-14(21,6-13)8-15(22,5-10)7-13;1-13(16,17)12(18)20-2-3-21-15-7-10-4-11(8-15)6-14(19,5-10)9-15;1-12(2,16)11(17)20-9-13-3-10-4-14(18,6-13)8-15(19,5-10)7-13;1-13(2,16)12(17)19-9-14-4-10-3-11(5-14)7-15(18,6-10)8-14;1-11(15,16)10(17)20-8-12-2-9-3-13(18,5-12)7-14(19,4-9)6-12;1-13(15,16)12(18)19-7-14-5-8-2-9(6-14)4-10(3-8)11(14)17;1-13(15,16)12(18)19-7-14-4-8-2-9(5-14)11(17)10(3-8)6-14/h10,21-22H,3-9H2,1-2H3;10-11,19H,2-9H2,1H3;10,18-19H,3-9H2,1-2H3;10-11,18H,3-9H2,1-2H3;9,18-19H,2-8H2,1H3;2*8-11,17H,2-7H2,1H3. The van der Waals surface area contributed by atoms with E-state index in [1.807, 2.05) is 0 Å². The third-order valence-electron chi connectivity index (χ3n) is 36.6. The summed E-state index contributed by atoms with van der Waals surface area (Å²) in [4.78, 5) is 79.7. The molecule has 28 saturated carbocycles. The zero-order chi connectivity index (χ0) is 104. The molecule has 0 aromatic carbocycles. The third kappa shape index (κ3) is 24.5. The average Bonchev–Trinajstić information content (AvgIpc) is 0.707. The number of rotatable bonds is 23. The highest BCUT2D eigenvalue weighted by Gasteiger charge is 2.69. The first-order valence-corrected chi connectivity index (χ1v) is 51.3. The summed E-state index contributed by atoms with van der Waals surface area (Å²) in [5, 5.41) is 105. The van der Waals surface area contributed by atoms with E-state index < -0.39 is 156 Å². The lowest BCUT2D eigenvalue weighted by atomic mass is 9.46. The number of carbonyl (C=O) groups excluding carboxylic acids is 7. The summed E-state index contributed by atoms with van der Waals surface area (Å²) >= 11 is 0. The van der Waals surface area contributed by atoms with Gasteiger partial charge in [-0.05, 0) is 350 Å². The second kappa shape index (κ2) is 37.2. The Bertz CT molecular complexity index is 4400. The first kappa shape index (κ1) is 110. The Morgan fingerprint density at radius 2 is 0.525 bits per heavy atom. The van der Waals surface area contributed by atoms with Crippen molar-refractivity contribution in [2.75, 3.05) is 52.9 Å². The maximum atomic E-state index is 13.5. The van der Waals surface area contributed by atoms with E-state index in [1.54, 1.807) is 0 Å². The molecule has 0 aromatic heterocycles. The van der Waals surface area contributed by atoms with E-state index in [-0.39, 0.29) is 116 Å². The molecule has 0 aliphatic heterocycles.